The fraction of sp³-hybridized carbons (Fsp3) is 0.407. The summed E-state index contributed by atoms with van der Waals surface area (Å²) in [6.07, 6.45) is 3.28. The fourth-order valence-electron chi connectivity index (χ4n) is 4.72. The largest absolute Gasteiger partial charge is 0.456 e. The van der Waals surface area contributed by atoms with E-state index in [-0.39, 0.29) is 43.0 Å². The van der Waals surface area contributed by atoms with Crippen LogP contribution in [0.25, 0.3) is 16.6 Å². The molecule has 7 heteroatoms. The lowest BCUT2D eigenvalue weighted by atomic mass is 9.97. The number of benzene rings is 2. The molecule has 2 aromatic carbocycles. The van der Waals surface area contributed by atoms with E-state index < -0.39 is 5.97 Å². The van der Waals surface area contributed by atoms with Crippen LogP contribution in [-0.4, -0.2) is 45.0 Å². The number of likely N-dealkylation sites (tertiary alicyclic amines) is 1. The van der Waals surface area contributed by atoms with Gasteiger partial charge in [-0.05, 0) is 64.3 Å². The van der Waals surface area contributed by atoms with Crippen LogP contribution in [-0.2, 0) is 20.7 Å². The van der Waals surface area contributed by atoms with E-state index in [1.54, 1.807) is 16.7 Å². The van der Waals surface area contributed by atoms with Gasteiger partial charge in [0.25, 0.3) is 11.5 Å². The van der Waals surface area contributed by atoms with E-state index >= 15 is 0 Å². The summed E-state index contributed by atoms with van der Waals surface area (Å²) in [5.74, 6) is -0.161. The van der Waals surface area contributed by atoms with Crippen molar-refractivity contribution in [2.45, 2.75) is 65.0 Å². The number of rotatable bonds is 6. The molecule has 0 spiro atoms. The minimum Gasteiger partial charge on any atom is -0.456 e. The number of nitrogens with zero attached hydrogens (tertiary/aromatic N) is 3. The molecular weight excluding hydrogens is 430 g/mol. The van der Waals surface area contributed by atoms with Gasteiger partial charge in [-0.2, -0.15) is 0 Å². The van der Waals surface area contributed by atoms with Crippen LogP contribution in [0.1, 0.15) is 50.9 Å². The molecule has 1 fully saturated rings. The number of hydrogen-bond acceptors (Lipinski definition) is 5. The van der Waals surface area contributed by atoms with Gasteiger partial charge in [0, 0.05) is 18.5 Å². The van der Waals surface area contributed by atoms with E-state index in [0.29, 0.717) is 22.4 Å². The van der Waals surface area contributed by atoms with Gasteiger partial charge in [-0.3, -0.25) is 19.0 Å². The van der Waals surface area contributed by atoms with Gasteiger partial charge in [0.05, 0.1) is 23.0 Å². The monoisotopic (exact) mass is 461 g/mol. The summed E-state index contributed by atoms with van der Waals surface area (Å²) in [7, 11) is 0. The lowest BCUT2D eigenvalue weighted by Crippen LogP contribution is -2.49. The standard InChI is InChI=1S/C27H31N3O4/c1-18-11-13-21(14-12-18)30-24(28-23-10-5-4-9-22(23)27(30)33)15-16-26(32)34-17-25(31)29-19(2)7-6-8-20(29)3/h4-5,9-14,19-20H,6-8,15-17H2,1-3H3/t19-,20-/m0/s1. The van der Waals surface area contributed by atoms with Gasteiger partial charge in [0.15, 0.2) is 6.61 Å². The average Bonchev–Trinajstić information content (AvgIpc) is 2.82. The molecule has 34 heavy (non-hydrogen) atoms. The molecule has 0 radical (unpaired) electrons. The normalized spacial score (nSPS) is 18.1. The Bertz CT molecular complexity index is 1240. The molecule has 0 unspecified atom stereocenters. The summed E-state index contributed by atoms with van der Waals surface area (Å²) in [5.41, 5.74) is 2.18. The van der Waals surface area contributed by atoms with Crippen LogP contribution in [0.3, 0.4) is 0 Å². The lowest BCUT2D eigenvalue weighted by molar-refractivity contribution is -0.154. The highest BCUT2D eigenvalue weighted by atomic mass is 16.5. The van der Waals surface area contributed by atoms with Gasteiger partial charge in [-0.25, -0.2) is 4.98 Å². The summed E-state index contributed by atoms with van der Waals surface area (Å²) in [5, 5.41) is 0.518. The Labute approximate surface area is 199 Å². The highest BCUT2D eigenvalue weighted by molar-refractivity contribution is 5.81. The maximum absolute atomic E-state index is 13.3. The molecule has 1 amide bonds. The molecule has 3 aromatic rings. The third kappa shape index (κ3) is 5.03. The molecular formula is C27H31N3O4. The number of carbonyl (C=O) groups is 2. The van der Waals surface area contributed by atoms with Crippen molar-refractivity contribution in [3.63, 3.8) is 0 Å². The summed E-state index contributed by atoms with van der Waals surface area (Å²) < 4.78 is 6.86. The van der Waals surface area contributed by atoms with Crippen molar-refractivity contribution in [2.24, 2.45) is 0 Å². The average molecular weight is 462 g/mol. The van der Waals surface area contributed by atoms with Crippen LogP contribution >= 0.6 is 0 Å². The summed E-state index contributed by atoms with van der Waals surface area (Å²) in [6, 6.07) is 15.1. The third-order valence-electron chi connectivity index (χ3n) is 6.53. The van der Waals surface area contributed by atoms with E-state index in [2.05, 4.69) is 4.98 Å². The van der Waals surface area contributed by atoms with Crippen LogP contribution in [0.4, 0.5) is 0 Å². The summed E-state index contributed by atoms with van der Waals surface area (Å²) >= 11 is 0. The molecule has 4 rings (SSSR count). The second-order valence-corrected chi connectivity index (χ2v) is 9.11. The molecule has 1 aliphatic heterocycles. The molecule has 0 N–H and O–H groups in total. The molecule has 1 aliphatic rings. The van der Waals surface area contributed by atoms with Crippen molar-refractivity contribution in [3.05, 3.63) is 70.3 Å². The Hall–Kier alpha value is -3.48. The van der Waals surface area contributed by atoms with Gasteiger partial charge in [0.1, 0.15) is 5.82 Å². The van der Waals surface area contributed by atoms with Gasteiger partial charge >= 0.3 is 5.97 Å². The smallest absolute Gasteiger partial charge is 0.306 e. The Kier molecular flexibility index (Phi) is 7.10. The highest BCUT2D eigenvalue weighted by Crippen LogP contribution is 2.22. The zero-order chi connectivity index (χ0) is 24.2. The van der Waals surface area contributed by atoms with Crippen LogP contribution in [0.5, 0.6) is 0 Å². The number of ether oxygens (including phenoxy) is 1. The molecule has 178 valence electrons. The zero-order valence-corrected chi connectivity index (χ0v) is 20.0. The highest BCUT2D eigenvalue weighted by Gasteiger charge is 2.29. The summed E-state index contributed by atoms with van der Waals surface area (Å²) in [6.45, 7) is 5.79. The maximum atomic E-state index is 13.3. The van der Waals surface area contributed by atoms with Crippen molar-refractivity contribution in [2.75, 3.05) is 6.61 Å². The Balaban J connectivity index is 1.50. The van der Waals surface area contributed by atoms with E-state index in [9.17, 15) is 14.4 Å². The maximum Gasteiger partial charge on any atom is 0.306 e. The van der Waals surface area contributed by atoms with Gasteiger partial charge in [-0.15, -0.1) is 0 Å². The number of piperidine rings is 1. The number of amides is 1. The van der Waals surface area contributed by atoms with Crippen molar-refractivity contribution < 1.29 is 14.3 Å². The first kappa shape index (κ1) is 23.7. The van der Waals surface area contributed by atoms with Crippen molar-refractivity contribution in [3.8, 4) is 5.69 Å². The number of hydrogen-bond donors (Lipinski definition) is 0. The second kappa shape index (κ2) is 10.2. The van der Waals surface area contributed by atoms with E-state index in [1.165, 1.54) is 0 Å². The van der Waals surface area contributed by atoms with Crippen molar-refractivity contribution in [1.29, 1.82) is 0 Å². The number of esters is 1. The first-order valence-corrected chi connectivity index (χ1v) is 11.9. The molecule has 1 aromatic heterocycles. The first-order chi connectivity index (χ1) is 16.3. The van der Waals surface area contributed by atoms with Crippen LogP contribution in [0.2, 0.25) is 0 Å². The van der Waals surface area contributed by atoms with E-state index in [1.807, 2.05) is 62.1 Å². The van der Waals surface area contributed by atoms with E-state index in [0.717, 1.165) is 24.8 Å². The molecule has 0 bridgehead atoms. The first-order valence-electron chi connectivity index (χ1n) is 11.9. The quantitative estimate of drug-likeness (QED) is 0.519. The molecule has 2 heterocycles. The predicted molar refractivity (Wildman–Crippen MR) is 131 cm³/mol. The van der Waals surface area contributed by atoms with Crippen LogP contribution < -0.4 is 5.56 Å². The minimum absolute atomic E-state index is 0.0228. The second-order valence-electron chi connectivity index (χ2n) is 9.11. The number of aryl methyl sites for hydroxylation is 2. The van der Waals surface area contributed by atoms with Gasteiger partial charge in [0.2, 0.25) is 0 Å². The topological polar surface area (TPSA) is 81.5 Å². The third-order valence-corrected chi connectivity index (χ3v) is 6.53. The fourth-order valence-corrected chi connectivity index (χ4v) is 4.72. The van der Waals surface area contributed by atoms with Crippen LogP contribution in [0, 0.1) is 6.92 Å². The lowest BCUT2D eigenvalue weighted by Gasteiger charge is -2.38. The Morgan fingerprint density at radius 3 is 2.41 bits per heavy atom. The molecule has 7 nitrogen and oxygen atoms in total. The predicted octanol–water partition coefficient (Wildman–Crippen LogP) is 3.96. The minimum atomic E-state index is -0.483. The number of aromatic nitrogens is 2. The zero-order valence-electron chi connectivity index (χ0n) is 20.0. The number of fused-ring (bicyclic) bond motifs is 1. The number of para-hydroxylation sites is 1. The van der Waals surface area contributed by atoms with E-state index in [4.69, 9.17) is 4.74 Å². The van der Waals surface area contributed by atoms with Crippen molar-refractivity contribution >= 4 is 22.8 Å². The molecule has 1 saturated heterocycles. The SMILES string of the molecule is Cc1ccc(-n2c(CCC(=O)OCC(=O)N3[C@@H](C)CCC[C@@H]3C)nc3ccccc3c2=O)cc1. The summed E-state index contributed by atoms with van der Waals surface area (Å²) in [4.78, 5) is 44.9. The Morgan fingerprint density at radius 1 is 1.03 bits per heavy atom. The Morgan fingerprint density at radius 2 is 1.71 bits per heavy atom. The molecule has 0 saturated carbocycles. The van der Waals surface area contributed by atoms with Gasteiger partial charge in [-0.1, -0.05) is 29.8 Å². The molecule has 2 atom stereocenters. The number of carbonyl (C=O) groups excluding carboxylic acids is 2. The van der Waals surface area contributed by atoms with Gasteiger partial charge < -0.3 is 9.64 Å². The molecule has 0 aliphatic carbocycles. The van der Waals surface area contributed by atoms with Crippen LogP contribution in [0.15, 0.2) is 53.3 Å². The van der Waals surface area contributed by atoms with Crippen molar-refractivity contribution in [1.82, 2.24) is 14.5 Å².